The summed E-state index contributed by atoms with van der Waals surface area (Å²) in [6.45, 7) is 1.31. The Morgan fingerprint density at radius 2 is 1.44 bits per heavy atom. The number of halogens is 1. The van der Waals surface area contributed by atoms with Crippen molar-refractivity contribution < 1.29 is 19.5 Å². The van der Waals surface area contributed by atoms with Crippen molar-refractivity contribution in [1.82, 2.24) is 10.6 Å². The molecular weight excluding hydrogens is 368 g/mol. The molecule has 2 amide bonds. The fraction of sp³-hybridized carbons (Fsp3) is 0.250. The molecule has 6 nitrogen and oxygen atoms in total. The van der Waals surface area contributed by atoms with Crippen LogP contribution in [0.15, 0.2) is 54.6 Å². The Labute approximate surface area is 162 Å². The number of amides is 2. The number of carbonyl (C=O) groups is 3. The molecule has 0 fully saturated rings. The van der Waals surface area contributed by atoms with E-state index in [1.807, 2.05) is 30.3 Å². The van der Waals surface area contributed by atoms with Crippen LogP contribution in [-0.2, 0) is 27.2 Å². The number of hydrogen-bond acceptors (Lipinski definition) is 3. The van der Waals surface area contributed by atoms with Gasteiger partial charge in [-0.25, -0.2) is 4.79 Å². The first-order valence-electron chi connectivity index (χ1n) is 8.44. The van der Waals surface area contributed by atoms with Crippen LogP contribution in [0, 0.1) is 0 Å². The van der Waals surface area contributed by atoms with Gasteiger partial charge in [0.2, 0.25) is 11.8 Å². The number of aliphatic carboxylic acids is 1. The molecule has 0 aliphatic heterocycles. The topological polar surface area (TPSA) is 95.5 Å². The van der Waals surface area contributed by atoms with E-state index in [0.717, 1.165) is 11.1 Å². The lowest BCUT2D eigenvalue weighted by molar-refractivity contribution is -0.142. The van der Waals surface area contributed by atoms with Gasteiger partial charge in [-0.05, 0) is 23.3 Å². The smallest absolute Gasteiger partial charge is 0.326 e. The van der Waals surface area contributed by atoms with Crippen molar-refractivity contribution in [2.24, 2.45) is 0 Å². The van der Waals surface area contributed by atoms with Crippen molar-refractivity contribution in [2.45, 2.75) is 31.8 Å². The maximum Gasteiger partial charge on any atom is 0.326 e. The summed E-state index contributed by atoms with van der Waals surface area (Å²) in [5.74, 6) is -2.06. The predicted octanol–water partition coefficient (Wildman–Crippen LogP) is 2.20. The van der Waals surface area contributed by atoms with Crippen molar-refractivity contribution in [3.8, 4) is 0 Å². The van der Waals surface area contributed by atoms with Gasteiger partial charge in [0.15, 0.2) is 0 Å². The largest absolute Gasteiger partial charge is 0.480 e. The van der Waals surface area contributed by atoms with Gasteiger partial charge in [0.05, 0.1) is 0 Å². The predicted molar refractivity (Wildman–Crippen MR) is 102 cm³/mol. The van der Waals surface area contributed by atoms with E-state index in [2.05, 4.69) is 10.6 Å². The number of rotatable bonds is 8. The van der Waals surface area contributed by atoms with Crippen LogP contribution < -0.4 is 10.6 Å². The normalized spacial score (nSPS) is 12.7. The Kier molecular flexibility index (Phi) is 7.37. The molecule has 0 unspecified atom stereocenters. The van der Waals surface area contributed by atoms with Gasteiger partial charge >= 0.3 is 5.97 Å². The molecule has 3 N–H and O–H groups in total. The maximum atomic E-state index is 12.6. The second-order valence-electron chi connectivity index (χ2n) is 6.17. The molecule has 27 heavy (non-hydrogen) atoms. The summed E-state index contributed by atoms with van der Waals surface area (Å²) in [6.07, 6.45) is 0.371. The summed E-state index contributed by atoms with van der Waals surface area (Å²) in [6, 6.07) is 13.9. The van der Waals surface area contributed by atoms with Crippen LogP contribution >= 0.6 is 11.6 Å². The Morgan fingerprint density at radius 1 is 0.889 bits per heavy atom. The van der Waals surface area contributed by atoms with Crippen LogP contribution in [0.4, 0.5) is 0 Å². The molecule has 0 heterocycles. The van der Waals surface area contributed by atoms with Crippen molar-refractivity contribution in [3.05, 3.63) is 70.7 Å². The third-order valence-corrected chi connectivity index (χ3v) is 4.20. The summed E-state index contributed by atoms with van der Waals surface area (Å²) in [5, 5.41) is 15.1. The molecule has 2 rings (SSSR count). The molecule has 0 saturated carbocycles. The molecule has 0 aliphatic carbocycles. The van der Waals surface area contributed by atoms with Gasteiger partial charge in [-0.15, -0.1) is 0 Å². The van der Waals surface area contributed by atoms with Crippen LogP contribution in [0.2, 0.25) is 5.02 Å². The summed E-state index contributed by atoms with van der Waals surface area (Å²) >= 11 is 5.84. The summed E-state index contributed by atoms with van der Waals surface area (Å²) in [4.78, 5) is 35.7. The standard InChI is InChI=1S/C20H21ClN2O4/c1-13(24)22-17(11-14-5-3-2-4-6-14)19(25)23-18(20(26)27)12-15-7-9-16(21)10-8-15/h2-10,17-18H,11-12H2,1H3,(H,22,24)(H,23,25)(H,26,27)/t17-,18-/m0/s1. The fourth-order valence-corrected chi connectivity index (χ4v) is 2.76. The van der Waals surface area contributed by atoms with E-state index < -0.39 is 24.0 Å². The number of carboxylic acids is 1. The SMILES string of the molecule is CC(=O)N[C@@H](Cc1ccccc1)C(=O)N[C@@H](Cc1ccc(Cl)cc1)C(=O)O. The second kappa shape index (κ2) is 9.73. The molecule has 0 bridgehead atoms. The molecular formula is C20H21ClN2O4. The molecule has 142 valence electrons. The zero-order chi connectivity index (χ0) is 19.8. The Hall–Kier alpha value is -2.86. The zero-order valence-corrected chi connectivity index (χ0v) is 15.6. The lowest BCUT2D eigenvalue weighted by Crippen LogP contribution is -2.52. The van der Waals surface area contributed by atoms with Gasteiger partial charge in [-0.2, -0.15) is 0 Å². The first-order chi connectivity index (χ1) is 12.8. The van der Waals surface area contributed by atoms with Gasteiger partial charge in [0, 0.05) is 24.8 Å². The van der Waals surface area contributed by atoms with E-state index >= 15 is 0 Å². The van der Waals surface area contributed by atoms with E-state index in [1.54, 1.807) is 24.3 Å². The molecule has 0 aliphatic rings. The minimum atomic E-state index is -1.15. The molecule has 0 spiro atoms. The van der Waals surface area contributed by atoms with Crippen molar-refractivity contribution in [2.75, 3.05) is 0 Å². The molecule has 2 atom stereocenters. The van der Waals surface area contributed by atoms with Gasteiger partial charge in [0.25, 0.3) is 0 Å². The second-order valence-corrected chi connectivity index (χ2v) is 6.61. The molecule has 7 heteroatoms. The quantitative estimate of drug-likeness (QED) is 0.646. The van der Waals surface area contributed by atoms with Crippen molar-refractivity contribution in [1.29, 1.82) is 0 Å². The first-order valence-corrected chi connectivity index (χ1v) is 8.81. The Morgan fingerprint density at radius 3 is 2.00 bits per heavy atom. The average molecular weight is 389 g/mol. The van der Waals surface area contributed by atoms with Gasteiger partial charge < -0.3 is 15.7 Å². The highest BCUT2D eigenvalue weighted by Crippen LogP contribution is 2.12. The van der Waals surface area contributed by atoms with Crippen molar-refractivity contribution >= 4 is 29.4 Å². The van der Waals surface area contributed by atoms with Gasteiger partial charge in [0.1, 0.15) is 12.1 Å². The van der Waals surface area contributed by atoms with E-state index in [9.17, 15) is 19.5 Å². The number of benzene rings is 2. The van der Waals surface area contributed by atoms with Crippen LogP contribution in [0.5, 0.6) is 0 Å². The van der Waals surface area contributed by atoms with Gasteiger partial charge in [-0.1, -0.05) is 54.1 Å². The van der Waals surface area contributed by atoms with E-state index in [-0.39, 0.29) is 18.7 Å². The molecule has 0 aromatic heterocycles. The van der Waals surface area contributed by atoms with E-state index in [1.165, 1.54) is 6.92 Å². The fourth-order valence-electron chi connectivity index (χ4n) is 2.63. The number of nitrogens with one attached hydrogen (secondary N) is 2. The molecule has 2 aromatic rings. The van der Waals surface area contributed by atoms with E-state index in [0.29, 0.717) is 5.02 Å². The summed E-state index contributed by atoms with van der Waals surface area (Å²) in [5.41, 5.74) is 1.59. The minimum absolute atomic E-state index is 0.108. The van der Waals surface area contributed by atoms with Gasteiger partial charge in [-0.3, -0.25) is 9.59 Å². The summed E-state index contributed by atoms with van der Waals surface area (Å²) < 4.78 is 0. The summed E-state index contributed by atoms with van der Waals surface area (Å²) in [7, 11) is 0. The number of carboxylic acid groups (broad SMARTS) is 1. The van der Waals surface area contributed by atoms with Crippen LogP contribution in [-0.4, -0.2) is 35.0 Å². The molecule has 0 radical (unpaired) electrons. The highest BCUT2D eigenvalue weighted by Gasteiger charge is 2.26. The van der Waals surface area contributed by atoms with E-state index in [4.69, 9.17) is 11.6 Å². The van der Waals surface area contributed by atoms with Crippen molar-refractivity contribution in [3.63, 3.8) is 0 Å². The monoisotopic (exact) mass is 388 g/mol. The number of hydrogen-bond donors (Lipinski definition) is 3. The Bertz CT molecular complexity index is 793. The maximum absolute atomic E-state index is 12.6. The zero-order valence-electron chi connectivity index (χ0n) is 14.8. The van der Waals surface area contributed by atoms with Crippen LogP contribution in [0.3, 0.4) is 0 Å². The molecule has 0 saturated heterocycles. The van der Waals surface area contributed by atoms with Crippen LogP contribution in [0.25, 0.3) is 0 Å². The third-order valence-electron chi connectivity index (χ3n) is 3.94. The average Bonchev–Trinajstić information content (AvgIpc) is 2.62. The lowest BCUT2D eigenvalue weighted by atomic mass is 10.0. The third kappa shape index (κ3) is 6.75. The molecule has 2 aromatic carbocycles. The highest BCUT2D eigenvalue weighted by molar-refractivity contribution is 6.30. The van der Waals surface area contributed by atoms with Crippen LogP contribution in [0.1, 0.15) is 18.1 Å². The number of carbonyl (C=O) groups excluding carboxylic acids is 2. The Balaban J connectivity index is 2.10. The lowest BCUT2D eigenvalue weighted by Gasteiger charge is -2.21. The highest BCUT2D eigenvalue weighted by atomic mass is 35.5. The minimum Gasteiger partial charge on any atom is -0.480 e. The first kappa shape index (κ1) is 20.5.